The molecule has 0 aliphatic carbocycles. The average molecular weight is 470 g/mol. The van der Waals surface area contributed by atoms with Crippen LogP contribution < -0.4 is 9.62 Å². The molecule has 2 aromatic carbocycles. The Hall–Kier alpha value is -1.51. The molecule has 1 aliphatic heterocycles. The Morgan fingerprint density at radius 1 is 1.03 bits per heavy atom. The minimum Gasteiger partial charge on any atom is -0.368 e. The second kappa shape index (κ2) is 7.96. The summed E-state index contributed by atoms with van der Waals surface area (Å²) < 4.78 is 30.1. The number of piperazine rings is 1. The number of aryl methyl sites for hydroxylation is 1. The molecule has 1 aliphatic rings. The van der Waals surface area contributed by atoms with Crippen molar-refractivity contribution in [2.75, 3.05) is 42.8 Å². The van der Waals surface area contributed by atoms with E-state index in [1.54, 1.807) is 31.2 Å². The molecule has 1 saturated heterocycles. The first-order chi connectivity index (χ1) is 13.7. The van der Waals surface area contributed by atoms with E-state index < -0.39 is 10.0 Å². The Bertz CT molecular complexity index is 1170. The number of anilines is 2. The van der Waals surface area contributed by atoms with Gasteiger partial charge >= 0.3 is 0 Å². The Labute approximate surface area is 184 Å². The van der Waals surface area contributed by atoms with Gasteiger partial charge in [0.2, 0.25) is 0 Å². The van der Waals surface area contributed by atoms with E-state index in [1.807, 2.05) is 12.1 Å². The summed E-state index contributed by atoms with van der Waals surface area (Å²) in [7, 11) is -1.64. The quantitative estimate of drug-likeness (QED) is 0.579. The Morgan fingerprint density at radius 3 is 2.48 bits per heavy atom. The van der Waals surface area contributed by atoms with Crippen molar-refractivity contribution in [2.24, 2.45) is 0 Å². The number of nitrogens with one attached hydrogen (secondary N) is 1. The Morgan fingerprint density at radius 2 is 1.76 bits per heavy atom. The Balaban J connectivity index is 1.65. The number of benzene rings is 2. The van der Waals surface area contributed by atoms with Crippen LogP contribution in [-0.4, -0.2) is 46.5 Å². The molecule has 1 N–H and O–H groups in total. The highest BCUT2D eigenvalue weighted by Gasteiger charge is 2.23. The summed E-state index contributed by atoms with van der Waals surface area (Å²) in [5.74, 6) is 0. The number of rotatable bonds is 4. The maximum Gasteiger partial charge on any atom is 0.271 e. The summed E-state index contributed by atoms with van der Waals surface area (Å²) in [5.41, 5.74) is 2.05. The van der Waals surface area contributed by atoms with Gasteiger partial charge in [0.05, 0.1) is 16.4 Å². The van der Waals surface area contributed by atoms with Crippen molar-refractivity contribution in [1.29, 1.82) is 0 Å². The first kappa shape index (κ1) is 20.8. The molecule has 0 saturated carbocycles. The van der Waals surface area contributed by atoms with Crippen molar-refractivity contribution in [2.45, 2.75) is 11.1 Å². The van der Waals surface area contributed by atoms with Crippen LogP contribution in [-0.2, 0) is 10.0 Å². The maximum absolute atomic E-state index is 13.1. The lowest BCUT2D eigenvalue weighted by molar-refractivity contribution is 0.313. The highest BCUT2D eigenvalue weighted by atomic mass is 35.5. The van der Waals surface area contributed by atoms with Crippen LogP contribution >= 0.6 is 34.5 Å². The largest absolute Gasteiger partial charge is 0.368 e. The predicted octanol–water partition coefficient (Wildman–Crippen LogP) is 5.07. The fourth-order valence-corrected chi connectivity index (χ4v) is 6.70. The molecule has 4 rings (SSSR count). The van der Waals surface area contributed by atoms with Gasteiger partial charge in [-0.2, -0.15) is 0 Å². The zero-order chi connectivity index (χ0) is 20.8. The molecule has 0 unspecified atom stereocenters. The maximum atomic E-state index is 13.1. The second-order valence-corrected chi connectivity index (χ2v) is 11.0. The number of hydrogen-bond acceptors (Lipinski definition) is 5. The fraction of sp³-hybridized carbons (Fsp3) is 0.300. The molecule has 5 nitrogen and oxygen atoms in total. The number of nitrogens with zero attached hydrogens (tertiary/aromatic N) is 2. The molecule has 0 amide bonds. The van der Waals surface area contributed by atoms with E-state index in [2.05, 4.69) is 21.6 Å². The first-order valence-electron chi connectivity index (χ1n) is 9.19. The summed E-state index contributed by atoms with van der Waals surface area (Å²) in [6, 6.07) is 10.7. The average Bonchev–Trinajstić information content (AvgIpc) is 3.01. The molecular weight excluding hydrogens is 449 g/mol. The minimum absolute atomic E-state index is 0.297. The third-order valence-electron chi connectivity index (χ3n) is 5.14. The van der Waals surface area contributed by atoms with Crippen LogP contribution in [0.4, 0.5) is 11.4 Å². The normalized spacial score (nSPS) is 15.8. The van der Waals surface area contributed by atoms with Crippen LogP contribution in [0.15, 0.2) is 40.6 Å². The summed E-state index contributed by atoms with van der Waals surface area (Å²) in [6.07, 6.45) is 0. The number of thiophene rings is 1. The third-order valence-corrected chi connectivity index (χ3v) is 8.97. The van der Waals surface area contributed by atoms with Gasteiger partial charge in [-0.3, -0.25) is 4.72 Å². The van der Waals surface area contributed by atoms with Gasteiger partial charge in [-0.15, -0.1) is 11.3 Å². The third kappa shape index (κ3) is 4.20. The number of sulfonamides is 1. The highest BCUT2D eigenvalue weighted by Crippen LogP contribution is 2.37. The van der Waals surface area contributed by atoms with E-state index in [-0.39, 0.29) is 0 Å². The first-order valence-corrected chi connectivity index (χ1v) is 12.2. The zero-order valence-corrected chi connectivity index (χ0v) is 19.2. The second-order valence-electron chi connectivity index (χ2n) is 7.22. The summed E-state index contributed by atoms with van der Waals surface area (Å²) in [5, 5.41) is 2.06. The van der Waals surface area contributed by atoms with Crippen molar-refractivity contribution in [1.82, 2.24) is 4.90 Å². The Kier molecular flexibility index (Phi) is 5.70. The molecular formula is C20H21Cl2N3O2S2. The van der Waals surface area contributed by atoms with Gasteiger partial charge in [0, 0.05) is 35.9 Å². The van der Waals surface area contributed by atoms with Gasteiger partial charge in [0.1, 0.15) is 4.21 Å². The zero-order valence-electron chi connectivity index (χ0n) is 16.1. The van der Waals surface area contributed by atoms with Gasteiger partial charge in [0.25, 0.3) is 10.0 Å². The molecule has 2 heterocycles. The minimum atomic E-state index is -3.73. The standard InChI is InChI=1S/C20H21Cl2N3O2S2/c1-13-16-11-14(21)3-6-19(16)28-20(13)29(26,27)23-15-4-5-17(22)18(12-15)25-9-7-24(2)8-10-25/h3-6,11-12,23H,7-10H2,1-2H3. The van der Waals surface area contributed by atoms with Crippen LogP contribution in [0, 0.1) is 6.92 Å². The van der Waals surface area contributed by atoms with Crippen molar-refractivity contribution in [3.63, 3.8) is 0 Å². The molecule has 3 aromatic rings. The summed E-state index contributed by atoms with van der Waals surface area (Å²) in [6.45, 7) is 5.39. The van der Waals surface area contributed by atoms with Crippen molar-refractivity contribution >= 4 is 66.0 Å². The molecule has 154 valence electrons. The van der Waals surface area contributed by atoms with E-state index in [0.29, 0.717) is 25.5 Å². The summed E-state index contributed by atoms with van der Waals surface area (Å²) in [4.78, 5) is 4.44. The molecule has 9 heteroatoms. The predicted molar refractivity (Wildman–Crippen MR) is 124 cm³/mol. The lowest BCUT2D eigenvalue weighted by atomic mass is 10.2. The van der Waals surface area contributed by atoms with Gasteiger partial charge in [0.15, 0.2) is 0 Å². The number of fused-ring (bicyclic) bond motifs is 1. The highest BCUT2D eigenvalue weighted by molar-refractivity contribution is 7.94. The number of likely N-dealkylation sites (N-methyl/N-ethyl adjacent to an activating group) is 1. The van der Waals surface area contributed by atoms with E-state index in [0.717, 1.165) is 42.0 Å². The van der Waals surface area contributed by atoms with Crippen molar-refractivity contribution in [3.8, 4) is 0 Å². The monoisotopic (exact) mass is 469 g/mol. The van der Waals surface area contributed by atoms with Crippen LogP contribution in [0.3, 0.4) is 0 Å². The van der Waals surface area contributed by atoms with E-state index in [4.69, 9.17) is 23.2 Å². The van der Waals surface area contributed by atoms with E-state index >= 15 is 0 Å². The molecule has 0 atom stereocenters. The van der Waals surface area contributed by atoms with Gasteiger partial charge in [-0.1, -0.05) is 23.2 Å². The lowest BCUT2D eigenvalue weighted by Gasteiger charge is -2.34. The van der Waals surface area contributed by atoms with Crippen LogP contribution in [0.25, 0.3) is 10.1 Å². The van der Waals surface area contributed by atoms with Gasteiger partial charge in [-0.05, 0) is 61.3 Å². The number of hydrogen-bond donors (Lipinski definition) is 1. The van der Waals surface area contributed by atoms with Crippen LogP contribution in [0.1, 0.15) is 5.56 Å². The topological polar surface area (TPSA) is 52.7 Å². The fourth-order valence-electron chi connectivity index (χ4n) is 3.49. The van der Waals surface area contributed by atoms with Crippen molar-refractivity contribution in [3.05, 3.63) is 52.0 Å². The molecule has 29 heavy (non-hydrogen) atoms. The van der Waals surface area contributed by atoms with Gasteiger partial charge < -0.3 is 9.80 Å². The molecule has 0 radical (unpaired) electrons. The molecule has 1 aromatic heterocycles. The van der Waals surface area contributed by atoms with Crippen molar-refractivity contribution < 1.29 is 8.42 Å². The SMILES string of the molecule is Cc1c(S(=O)(=O)Nc2ccc(Cl)c(N3CCN(C)CC3)c2)sc2ccc(Cl)cc12. The molecule has 1 fully saturated rings. The van der Waals surface area contributed by atoms with Crippen LogP contribution in [0.2, 0.25) is 10.0 Å². The summed E-state index contributed by atoms with van der Waals surface area (Å²) >= 11 is 13.7. The smallest absolute Gasteiger partial charge is 0.271 e. The number of halogens is 2. The molecule has 0 spiro atoms. The lowest BCUT2D eigenvalue weighted by Crippen LogP contribution is -2.44. The van der Waals surface area contributed by atoms with E-state index in [9.17, 15) is 8.42 Å². The van der Waals surface area contributed by atoms with E-state index in [1.165, 1.54) is 11.3 Å². The molecule has 0 bridgehead atoms. The van der Waals surface area contributed by atoms with Crippen LogP contribution in [0.5, 0.6) is 0 Å². The van der Waals surface area contributed by atoms with Gasteiger partial charge in [-0.25, -0.2) is 8.42 Å².